The third kappa shape index (κ3) is 5.50. The van der Waals surface area contributed by atoms with E-state index in [2.05, 4.69) is 20.5 Å². The van der Waals surface area contributed by atoms with Crippen LogP contribution in [0, 0.1) is 6.92 Å². The van der Waals surface area contributed by atoms with Gasteiger partial charge in [-0.25, -0.2) is 4.98 Å². The van der Waals surface area contributed by atoms with Crippen molar-refractivity contribution in [2.75, 3.05) is 23.9 Å². The first-order chi connectivity index (χ1) is 14.9. The van der Waals surface area contributed by atoms with Crippen LogP contribution in [-0.2, 0) is 6.18 Å². The Kier molecular flexibility index (Phi) is 7.46. The van der Waals surface area contributed by atoms with E-state index in [1.807, 2.05) is 26.2 Å². The molecule has 0 bridgehead atoms. The lowest BCUT2D eigenvalue weighted by Crippen LogP contribution is -2.08. The van der Waals surface area contributed by atoms with Crippen molar-refractivity contribution in [1.29, 1.82) is 0 Å². The molecule has 9 heteroatoms. The van der Waals surface area contributed by atoms with Crippen LogP contribution in [-0.4, -0.2) is 33.7 Å². The van der Waals surface area contributed by atoms with Gasteiger partial charge in [0.25, 0.3) is 5.89 Å². The summed E-state index contributed by atoms with van der Waals surface area (Å²) in [7, 11) is 0. The summed E-state index contributed by atoms with van der Waals surface area (Å²) >= 11 is 1.74. The summed E-state index contributed by atoms with van der Waals surface area (Å²) in [5.74, 6) is 1.32. The fraction of sp³-hybridized carbons (Fsp3) is 0.500. The number of alkyl halides is 3. The number of nitrogens with zero attached hydrogens (tertiary/aromatic N) is 3. The van der Waals surface area contributed by atoms with E-state index in [9.17, 15) is 13.2 Å². The van der Waals surface area contributed by atoms with Crippen LogP contribution in [0.2, 0.25) is 0 Å². The highest BCUT2D eigenvalue weighted by Crippen LogP contribution is 2.45. The number of rotatable bonds is 7. The van der Waals surface area contributed by atoms with Crippen LogP contribution >= 0.6 is 11.8 Å². The minimum Gasteiger partial charge on any atom is -0.402 e. The zero-order valence-corrected chi connectivity index (χ0v) is 19.0. The summed E-state index contributed by atoms with van der Waals surface area (Å²) < 4.78 is 46.8. The number of thioether (sulfide) groups is 1. The normalized spacial score (nSPS) is 13.8. The zero-order valence-electron chi connectivity index (χ0n) is 18.1. The number of pyridine rings is 1. The molecular weight excluding hydrogens is 425 g/mol. The molecule has 2 aromatic heterocycles. The Hall–Kier alpha value is -2.29. The Bertz CT molecular complexity index is 1030. The third-order valence-electron chi connectivity index (χ3n) is 4.94. The van der Waals surface area contributed by atoms with E-state index in [1.165, 1.54) is 6.07 Å². The molecule has 0 unspecified atom stereocenters. The molecule has 31 heavy (non-hydrogen) atoms. The lowest BCUT2D eigenvalue weighted by molar-refractivity contribution is -0.136. The summed E-state index contributed by atoms with van der Waals surface area (Å²) in [6.45, 7) is 6.46. The van der Waals surface area contributed by atoms with Crippen molar-refractivity contribution in [2.24, 2.45) is 0 Å². The SMILES string of the molecule is CC.CSCCCNc1nnc(-c2cc(C)c3cc(C4CC4)cc(C(F)(F)F)c3n2)o1. The van der Waals surface area contributed by atoms with Crippen LogP contribution in [0.15, 0.2) is 22.6 Å². The molecule has 3 aromatic rings. The summed E-state index contributed by atoms with van der Waals surface area (Å²) in [5.41, 5.74) is 0.883. The molecule has 5 nitrogen and oxygen atoms in total. The highest BCUT2D eigenvalue weighted by atomic mass is 32.2. The lowest BCUT2D eigenvalue weighted by Gasteiger charge is -2.14. The first-order valence-electron chi connectivity index (χ1n) is 10.5. The van der Waals surface area contributed by atoms with Crippen molar-refractivity contribution < 1.29 is 17.6 Å². The number of aryl methyl sites for hydroxylation is 1. The van der Waals surface area contributed by atoms with Gasteiger partial charge in [0.2, 0.25) is 0 Å². The molecule has 2 heterocycles. The Morgan fingerprint density at radius 3 is 2.55 bits per heavy atom. The Labute approximate surface area is 184 Å². The van der Waals surface area contributed by atoms with Gasteiger partial charge in [-0.2, -0.15) is 24.9 Å². The average molecular weight is 453 g/mol. The fourth-order valence-electron chi connectivity index (χ4n) is 3.30. The molecule has 168 valence electrons. The second-order valence-corrected chi connectivity index (χ2v) is 8.23. The largest absolute Gasteiger partial charge is 0.418 e. The number of nitrogens with one attached hydrogen (secondary N) is 1. The molecule has 1 N–H and O–H groups in total. The van der Waals surface area contributed by atoms with Crippen molar-refractivity contribution in [2.45, 2.75) is 52.1 Å². The minimum absolute atomic E-state index is 0.0791. The maximum atomic E-state index is 13.8. The van der Waals surface area contributed by atoms with Gasteiger partial charge in [0.1, 0.15) is 5.69 Å². The van der Waals surface area contributed by atoms with Crippen molar-refractivity contribution in [3.63, 3.8) is 0 Å². The Morgan fingerprint density at radius 2 is 1.90 bits per heavy atom. The van der Waals surface area contributed by atoms with E-state index in [0.29, 0.717) is 17.5 Å². The maximum absolute atomic E-state index is 13.8. The van der Waals surface area contributed by atoms with Crippen LogP contribution in [0.25, 0.3) is 22.5 Å². The number of halogens is 3. The fourth-order valence-corrected chi connectivity index (χ4v) is 3.73. The van der Waals surface area contributed by atoms with Crippen LogP contribution in [0.5, 0.6) is 0 Å². The molecule has 1 aromatic carbocycles. The van der Waals surface area contributed by atoms with Gasteiger partial charge in [-0.1, -0.05) is 18.9 Å². The van der Waals surface area contributed by atoms with Crippen molar-refractivity contribution >= 4 is 28.7 Å². The molecule has 0 spiro atoms. The van der Waals surface area contributed by atoms with Crippen LogP contribution in [0.3, 0.4) is 0 Å². The number of benzene rings is 1. The molecule has 0 amide bonds. The minimum atomic E-state index is -4.49. The van der Waals surface area contributed by atoms with Crippen molar-refractivity contribution in [3.8, 4) is 11.6 Å². The van der Waals surface area contributed by atoms with Gasteiger partial charge in [-0.05, 0) is 73.4 Å². The van der Waals surface area contributed by atoms with Gasteiger partial charge in [0, 0.05) is 11.9 Å². The molecule has 1 aliphatic rings. The van der Waals surface area contributed by atoms with E-state index in [4.69, 9.17) is 4.42 Å². The van der Waals surface area contributed by atoms with Gasteiger partial charge >= 0.3 is 12.2 Å². The number of aromatic nitrogens is 3. The summed E-state index contributed by atoms with van der Waals surface area (Å²) in [5, 5.41) is 11.4. The average Bonchev–Trinajstić information content (AvgIpc) is 3.49. The third-order valence-corrected chi connectivity index (χ3v) is 5.64. The number of hydrogen-bond acceptors (Lipinski definition) is 6. The molecule has 1 saturated carbocycles. The monoisotopic (exact) mass is 452 g/mol. The summed E-state index contributed by atoms with van der Waals surface area (Å²) in [6.07, 6.45) is 0.343. The highest BCUT2D eigenvalue weighted by Gasteiger charge is 2.36. The van der Waals surface area contributed by atoms with Crippen LogP contribution < -0.4 is 5.32 Å². The lowest BCUT2D eigenvalue weighted by atomic mass is 9.98. The summed E-state index contributed by atoms with van der Waals surface area (Å²) in [4.78, 5) is 4.27. The molecular formula is C22H27F3N4OS. The Morgan fingerprint density at radius 1 is 1.16 bits per heavy atom. The maximum Gasteiger partial charge on any atom is 0.418 e. The first-order valence-corrected chi connectivity index (χ1v) is 11.9. The standard InChI is InChI=1S/C20H21F3N4OS.C2H6/c1-11-8-16(18-26-27-19(28-18)24-6-3-7-29-2)25-17-14(11)9-13(12-4-5-12)10-15(17)20(21,22)23;1-2/h8-10,12H,3-7H2,1-2H3,(H,24,27);1-2H3. The number of fused-ring (bicyclic) bond motifs is 1. The molecule has 4 rings (SSSR count). The van der Waals surface area contributed by atoms with Crippen LogP contribution in [0.4, 0.5) is 19.2 Å². The zero-order chi connectivity index (χ0) is 22.6. The van der Waals surface area contributed by atoms with E-state index < -0.39 is 11.7 Å². The molecule has 0 radical (unpaired) electrons. The number of anilines is 1. The van der Waals surface area contributed by atoms with Gasteiger partial charge in [0.15, 0.2) is 0 Å². The van der Waals surface area contributed by atoms with Gasteiger partial charge in [-0.3, -0.25) is 0 Å². The van der Waals surface area contributed by atoms with Gasteiger partial charge < -0.3 is 9.73 Å². The first kappa shape index (κ1) is 23.4. The second kappa shape index (κ2) is 9.89. The molecule has 1 fully saturated rings. The predicted molar refractivity (Wildman–Crippen MR) is 120 cm³/mol. The highest BCUT2D eigenvalue weighted by molar-refractivity contribution is 7.98. The van der Waals surface area contributed by atoms with E-state index in [1.54, 1.807) is 24.8 Å². The topological polar surface area (TPSA) is 63.8 Å². The molecule has 0 saturated heterocycles. The smallest absolute Gasteiger partial charge is 0.402 e. The van der Waals surface area contributed by atoms with E-state index in [-0.39, 0.29) is 29.0 Å². The Balaban J connectivity index is 0.00000132. The van der Waals surface area contributed by atoms with Gasteiger partial charge in [0.05, 0.1) is 11.1 Å². The van der Waals surface area contributed by atoms with Gasteiger partial charge in [-0.15, -0.1) is 5.10 Å². The summed E-state index contributed by atoms with van der Waals surface area (Å²) in [6, 6.07) is 5.01. The van der Waals surface area contributed by atoms with Crippen LogP contribution in [0.1, 0.15) is 55.7 Å². The molecule has 0 atom stereocenters. The van der Waals surface area contributed by atoms with Crippen molar-refractivity contribution in [3.05, 3.63) is 34.9 Å². The molecule has 1 aliphatic carbocycles. The second-order valence-electron chi connectivity index (χ2n) is 7.25. The quantitative estimate of drug-likeness (QED) is 0.403. The predicted octanol–water partition coefficient (Wildman–Crippen LogP) is 6.68. The van der Waals surface area contributed by atoms with E-state index in [0.717, 1.165) is 30.6 Å². The van der Waals surface area contributed by atoms with Crippen molar-refractivity contribution in [1.82, 2.24) is 15.2 Å². The van der Waals surface area contributed by atoms with E-state index >= 15 is 0 Å². The molecule has 0 aliphatic heterocycles. The number of hydrogen-bond donors (Lipinski definition) is 1.